The summed E-state index contributed by atoms with van der Waals surface area (Å²) >= 11 is 6.84. The molecule has 0 aliphatic rings. The van der Waals surface area contributed by atoms with E-state index in [-0.39, 0.29) is 5.21 Å². The third-order valence-electron chi connectivity index (χ3n) is 0.991. The summed E-state index contributed by atoms with van der Waals surface area (Å²) in [6.45, 7) is 0.482. The van der Waals surface area contributed by atoms with Gasteiger partial charge < -0.3 is 0 Å². The van der Waals surface area contributed by atoms with Crippen molar-refractivity contribution in [1.29, 1.82) is 0 Å². The molecular weight excluding hydrogens is 206 g/mol. The smallest absolute Gasteiger partial charge is 0.214 e. The van der Waals surface area contributed by atoms with Crippen molar-refractivity contribution in [2.24, 2.45) is 0 Å². The number of rotatable bonds is 6. The Bertz CT molecular complexity index is 181. The van der Waals surface area contributed by atoms with Gasteiger partial charge in [0.1, 0.15) is 5.21 Å². The minimum absolute atomic E-state index is 0.355. The highest BCUT2D eigenvalue weighted by atomic mass is 35.5. The van der Waals surface area contributed by atoms with Crippen LogP contribution in [0.1, 0.15) is 6.42 Å². The zero-order chi connectivity index (χ0) is 8.74. The first-order valence-electron chi connectivity index (χ1n) is 3.14. The zero-order valence-corrected chi connectivity index (χ0v) is 8.73. The Kier molecular flexibility index (Phi) is 6.41. The van der Waals surface area contributed by atoms with Crippen LogP contribution in [0.2, 0.25) is 0 Å². The average molecular weight is 218 g/mol. The summed E-state index contributed by atoms with van der Waals surface area (Å²) in [6.07, 6.45) is 2.83. The summed E-state index contributed by atoms with van der Waals surface area (Å²) in [5, 5.41) is -0.355. The molecule has 0 aliphatic carbocycles. The molecule has 6 heteroatoms. The van der Waals surface area contributed by atoms with Gasteiger partial charge in [-0.05, 0) is 18.4 Å². The fraction of sp³-hybridized carbons (Fsp3) is 1.00. The van der Waals surface area contributed by atoms with Crippen LogP contribution in [0.5, 0.6) is 0 Å². The monoisotopic (exact) mass is 217 g/mol. The predicted octanol–water partition coefficient (Wildman–Crippen LogP) is 0.855. The van der Waals surface area contributed by atoms with Gasteiger partial charge in [0.2, 0.25) is 10.0 Å². The molecule has 0 aromatic carbocycles. The first kappa shape index (κ1) is 11.6. The summed E-state index contributed by atoms with van der Waals surface area (Å²) in [7, 11) is -3.19. The summed E-state index contributed by atoms with van der Waals surface area (Å²) in [5.74, 6) is 0.963. The predicted molar refractivity (Wildman–Crippen MR) is 50.6 cm³/mol. The van der Waals surface area contributed by atoms with Crippen LogP contribution in [-0.4, -0.2) is 32.2 Å². The molecule has 0 saturated heterocycles. The van der Waals surface area contributed by atoms with Crippen molar-refractivity contribution in [3.63, 3.8) is 0 Å². The Labute approximate surface area is 76.9 Å². The topological polar surface area (TPSA) is 46.2 Å². The SMILES string of the molecule is CSCCCNS(=O)(=O)CCl. The lowest BCUT2D eigenvalue weighted by molar-refractivity contribution is 0.586. The molecule has 1 N–H and O–H groups in total. The molecule has 3 nitrogen and oxygen atoms in total. The maximum atomic E-state index is 10.7. The van der Waals surface area contributed by atoms with Gasteiger partial charge in [-0.25, -0.2) is 13.1 Å². The molecule has 0 spiro atoms. The number of halogens is 1. The third-order valence-corrected chi connectivity index (χ3v) is 3.48. The van der Waals surface area contributed by atoms with E-state index < -0.39 is 10.0 Å². The minimum atomic E-state index is -3.19. The Morgan fingerprint density at radius 2 is 2.18 bits per heavy atom. The molecule has 0 unspecified atom stereocenters. The van der Waals surface area contributed by atoms with Crippen LogP contribution in [-0.2, 0) is 10.0 Å². The summed E-state index contributed by atoms with van der Waals surface area (Å²) in [6, 6.07) is 0. The van der Waals surface area contributed by atoms with E-state index in [1.165, 1.54) is 0 Å². The second kappa shape index (κ2) is 6.11. The Hall–Kier alpha value is 0.550. The van der Waals surface area contributed by atoms with E-state index in [0.29, 0.717) is 6.54 Å². The highest BCUT2D eigenvalue weighted by Crippen LogP contribution is 1.95. The molecule has 0 aromatic rings. The molecule has 0 amide bonds. The standard InChI is InChI=1S/C5H12ClNO2S2/c1-10-4-2-3-7-11(8,9)5-6/h7H,2-5H2,1H3. The second-order valence-electron chi connectivity index (χ2n) is 1.96. The van der Waals surface area contributed by atoms with Crippen LogP contribution in [0, 0.1) is 0 Å². The van der Waals surface area contributed by atoms with E-state index in [1.54, 1.807) is 11.8 Å². The largest absolute Gasteiger partial charge is 0.225 e. The first-order chi connectivity index (χ1) is 5.12. The van der Waals surface area contributed by atoms with Gasteiger partial charge in [-0.2, -0.15) is 11.8 Å². The maximum absolute atomic E-state index is 10.7. The number of alkyl halides is 1. The number of thioether (sulfide) groups is 1. The number of hydrogen-bond donors (Lipinski definition) is 1. The molecule has 0 aliphatic heterocycles. The zero-order valence-electron chi connectivity index (χ0n) is 6.34. The number of sulfonamides is 1. The van der Waals surface area contributed by atoms with Crippen LogP contribution < -0.4 is 4.72 Å². The summed E-state index contributed by atoms with van der Waals surface area (Å²) in [5.41, 5.74) is 0. The van der Waals surface area contributed by atoms with Gasteiger partial charge in [0.25, 0.3) is 0 Å². The summed E-state index contributed by atoms with van der Waals surface area (Å²) < 4.78 is 23.8. The van der Waals surface area contributed by atoms with Gasteiger partial charge in [0.05, 0.1) is 0 Å². The Balaban J connectivity index is 3.39. The van der Waals surface area contributed by atoms with Gasteiger partial charge in [0.15, 0.2) is 0 Å². The van der Waals surface area contributed by atoms with Gasteiger partial charge in [-0.3, -0.25) is 0 Å². The van der Waals surface area contributed by atoms with Crippen LogP contribution in [0.3, 0.4) is 0 Å². The van der Waals surface area contributed by atoms with Crippen LogP contribution in [0.25, 0.3) is 0 Å². The van der Waals surface area contributed by atoms with E-state index >= 15 is 0 Å². The average Bonchev–Trinajstić information content (AvgIpc) is 1.99. The van der Waals surface area contributed by atoms with E-state index in [2.05, 4.69) is 4.72 Å². The van der Waals surface area contributed by atoms with Crippen molar-refractivity contribution in [3.05, 3.63) is 0 Å². The molecule has 0 rings (SSSR count). The van der Waals surface area contributed by atoms with Crippen molar-refractivity contribution in [2.75, 3.05) is 23.8 Å². The molecule has 0 aromatic heterocycles. The lowest BCUT2D eigenvalue weighted by atomic mass is 10.5. The molecule has 0 fully saturated rings. The normalized spacial score (nSPS) is 11.8. The van der Waals surface area contributed by atoms with Crippen molar-refractivity contribution in [2.45, 2.75) is 6.42 Å². The van der Waals surface area contributed by atoms with Crippen molar-refractivity contribution < 1.29 is 8.42 Å². The van der Waals surface area contributed by atoms with Crippen LogP contribution in [0.4, 0.5) is 0 Å². The first-order valence-corrected chi connectivity index (χ1v) is 6.72. The molecule has 0 radical (unpaired) electrons. The van der Waals surface area contributed by atoms with E-state index in [4.69, 9.17) is 11.6 Å². The van der Waals surface area contributed by atoms with Crippen molar-refractivity contribution in [3.8, 4) is 0 Å². The molecule has 0 heterocycles. The van der Waals surface area contributed by atoms with Crippen LogP contribution >= 0.6 is 23.4 Å². The molecule has 11 heavy (non-hydrogen) atoms. The molecule has 0 bridgehead atoms. The van der Waals surface area contributed by atoms with E-state index in [0.717, 1.165) is 12.2 Å². The van der Waals surface area contributed by atoms with E-state index in [1.807, 2.05) is 6.26 Å². The summed E-state index contributed by atoms with van der Waals surface area (Å²) in [4.78, 5) is 0. The second-order valence-corrected chi connectivity index (χ2v) is 5.34. The fourth-order valence-electron chi connectivity index (χ4n) is 0.483. The van der Waals surface area contributed by atoms with Gasteiger partial charge in [0, 0.05) is 6.54 Å². The van der Waals surface area contributed by atoms with Gasteiger partial charge in [-0.1, -0.05) is 0 Å². The quantitative estimate of drug-likeness (QED) is 0.530. The molecule has 0 saturated carbocycles. The minimum Gasteiger partial charge on any atom is -0.214 e. The Morgan fingerprint density at radius 3 is 2.64 bits per heavy atom. The lowest BCUT2D eigenvalue weighted by Gasteiger charge is -2.01. The highest BCUT2D eigenvalue weighted by Gasteiger charge is 2.04. The van der Waals surface area contributed by atoms with Crippen LogP contribution in [0.15, 0.2) is 0 Å². The molecular formula is C5H12ClNO2S2. The molecule has 0 atom stereocenters. The number of hydrogen-bond acceptors (Lipinski definition) is 3. The van der Waals surface area contributed by atoms with Crippen molar-refractivity contribution >= 4 is 33.4 Å². The van der Waals surface area contributed by atoms with E-state index in [9.17, 15) is 8.42 Å². The lowest BCUT2D eigenvalue weighted by Crippen LogP contribution is -2.25. The Morgan fingerprint density at radius 1 is 1.55 bits per heavy atom. The van der Waals surface area contributed by atoms with Gasteiger partial charge >= 0.3 is 0 Å². The molecule has 68 valence electrons. The fourth-order valence-corrected chi connectivity index (χ4v) is 1.68. The maximum Gasteiger partial charge on any atom is 0.225 e. The number of nitrogens with one attached hydrogen (secondary N) is 1. The third kappa shape index (κ3) is 6.93. The van der Waals surface area contributed by atoms with Crippen molar-refractivity contribution in [1.82, 2.24) is 4.72 Å². The highest BCUT2D eigenvalue weighted by molar-refractivity contribution is 7.98. The van der Waals surface area contributed by atoms with Gasteiger partial charge in [-0.15, -0.1) is 11.6 Å².